The van der Waals surface area contributed by atoms with E-state index in [1.807, 2.05) is 12.4 Å². The van der Waals surface area contributed by atoms with E-state index in [0.29, 0.717) is 6.04 Å². The number of hydrogen-bond donors (Lipinski definition) is 1. The lowest BCUT2D eigenvalue weighted by atomic mass is 9.93. The molecule has 1 N–H and O–H groups in total. The molecule has 1 unspecified atom stereocenters. The maximum atomic E-state index is 5.77. The smallest absolute Gasteiger partial charge is 0.0646 e. The summed E-state index contributed by atoms with van der Waals surface area (Å²) in [5.74, 6) is 0. The lowest BCUT2D eigenvalue weighted by Crippen LogP contribution is -2.40. The lowest BCUT2D eigenvalue weighted by molar-refractivity contribution is -0.0553. The van der Waals surface area contributed by atoms with Crippen LogP contribution in [0.2, 0.25) is 0 Å². The molecular formula is C16H20N2O. The van der Waals surface area contributed by atoms with Gasteiger partial charge < -0.3 is 10.1 Å². The van der Waals surface area contributed by atoms with E-state index in [1.54, 1.807) is 0 Å². The third kappa shape index (κ3) is 2.71. The summed E-state index contributed by atoms with van der Waals surface area (Å²) in [5.41, 5.74) is 1.15. The molecule has 3 heteroatoms. The zero-order chi connectivity index (χ0) is 13.3. The fourth-order valence-electron chi connectivity index (χ4n) is 2.81. The molecule has 0 saturated carbocycles. The summed E-state index contributed by atoms with van der Waals surface area (Å²) in [6, 6.07) is 8.86. The quantitative estimate of drug-likeness (QED) is 0.891. The minimum Gasteiger partial charge on any atom is -0.382 e. The monoisotopic (exact) mass is 256 g/mol. The maximum Gasteiger partial charge on any atom is 0.0646 e. The van der Waals surface area contributed by atoms with Crippen molar-refractivity contribution in [2.24, 2.45) is 0 Å². The van der Waals surface area contributed by atoms with Crippen LogP contribution in [0.3, 0.4) is 0 Å². The molecule has 0 bridgehead atoms. The zero-order valence-electron chi connectivity index (χ0n) is 11.5. The molecule has 1 fully saturated rings. The van der Waals surface area contributed by atoms with Gasteiger partial charge in [0.05, 0.1) is 5.60 Å². The first-order valence-corrected chi connectivity index (χ1v) is 6.87. The fourth-order valence-corrected chi connectivity index (χ4v) is 2.81. The van der Waals surface area contributed by atoms with Crippen molar-refractivity contribution in [2.45, 2.75) is 38.3 Å². The Bertz CT molecular complexity index is 574. The second-order valence-electron chi connectivity index (χ2n) is 5.84. The third-order valence-electron chi connectivity index (χ3n) is 3.74. The molecule has 2 heterocycles. The molecule has 3 nitrogen and oxygen atoms in total. The van der Waals surface area contributed by atoms with Gasteiger partial charge in [0, 0.05) is 36.1 Å². The highest BCUT2D eigenvalue weighted by molar-refractivity contribution is 5.93. The van der Waals surface area contributed by atoms with Gasteiger partial charge in [-0.15, -0.1) is 0 Å². The van der Waals surface area contributed by atoms with Crippen LogP contribution >= 0.6 is 0 Å². The molecule has 1 aliphatic heterocycles. The Labute approximate surface area is 114 Å². The van der Waals surface area contributed by atoms with Gasteiger partial charge in [0.2, 0.25) is 0 Å². The largest absolute Gasteiger partial charge is 0.382 e. The van der Waals surface area contributed by atoms with Crippen LogP contribution in [0.1, 0.15) is 26.7 Å². The van der Waals surface area contributed by atoms with Crippen molar-refractivity contribution < 1.29 is 4.74 Å². The molecule has 3 rings (SSSR count). The van der Waals surface area contributed by atoms with E-state index in [9.17, 15) is 0 Å². The van der Waals surface area contributed by atoms with E-state index in [1.165, 1.54) is 16.5 Å². The van der Waals surface area contributed by atoms with E-state index in [4.69, 9.17) is 4.74 Å². The molecule has 19 heavy (non-hydrogen) atoms. The van der Waals surface area contributed by atoms with Gasteiger partial charge in [0.15, 0.2) is 0 Å². The number of anilines is 1. The standard InChI is InChI=1S/C16H20N2O/c1-16(2)10-13(7-9-19-16)18-15-5-3-4-12-6-8-17-11-14(12)15/h3-6,8,11,13,18H,7,9-10H2,1-2H3. The second-order valence-corrected chi connectivity index (χ2v) is 5.84. The van der Waals surface area contributed by atoms with Crippen molar-refractivity contribution in [1.82, 2.24) is 4.98 Å². The van der Waals surface area contributed by atoms with Crippen LogP contribution in [-0.2, 0) is 4.74 Å². The highest BCUT2D eigenvalue weighted by Crippen LogP contribution is 2.29. The molecule has 1 saturated heterocycles. The van der Waals surface area contributed by atoms with Crippen LogP contribution in [0.4, 0.5) is 5.69 Å². The van der Waals surface area contributed by atoms with Crippen molar-refractivity contribution in [3.05, 3.63) is 36.7 Å². The number of nitrogens with zero attached hydrogens (tertiary/aromatic N) is 1. The summed E-state index contributed by atoms with van der Waals surface area (Å²) in [4.78, 5) is 4.23. The predicted molar refractivity (Wildman–Crippen MR) is 78.4 cm³/mol. The van der Waals surface area contributed by atoms with Crippen molar-refractivity contribution >= 4 is 16.5 Å². The van der Waals surface area contributed by atoms with E-state index in [2.05, 4.69) is 48.4 Å². The molecule has 0 spiro atoms. The normalized spacial score (nSPS) is 22.3. The Kier molecular flexibility index (Phi) is 3.15. The Morgan fingerprint density at radius 3 is 3.05 bits per heavy atom. The molecule has 1 aromatic heterocycles. The predicted octanol–water partition coefficient (Wildman–Crippen LogP) is 3.60. The molecule has 0 radical (unpaired) electrons. The van der Waals surface area contributed by atoms with E-state index in [-0.39, 0.29) is 5.60 Å². The van der Waals surface area contributed by atoms with Gasteiger partial charge in [-0.3, -0.25) is 4.98 Å². The molecule has 1 aromatic carbocycles. The summed E-state index contributed by atoms with van der Waals surface area (Å²) >= 11 is 0. The number of ether oxygens (including phenoxy) is 1. The number of benzene rings is 1. The Hall–Kier alpha value is -1.61. The van der Waals surface area contributed by atoms with Crippen LogP contribution in [-0.4, -0.2) is 23.2 Å². The fraction of sp³-hybridized carbons (Fsp3) is 0.438. The Morgan fingerprint density at radius 2 is 2.21 bits per heavy atom. The van der Waals surface area contributed by atoms with Crippen LogP contribution in [0.25, 0.3) is 10.8 Å². The molecule has 0 aliphatic carbocycles. The summed E-state index contributed by atoms with van der Waals surface area (Å²) < 4.78 is 5.77. The van der Waals surface area contributed by atoms with Gasteiger partial charge in [-0.2, -0.15) is 0 Å². The second kappa shape index (κ2) is 4.82. The zero-order valence-corrected chi connectivity index (χ0v) is 11.5. The highest BCUT2D eigenvalue weighted by atomic mass is 16.5. The van der Waals surface area contributed by atoms with Gasteiger partial charge in [0.25, 0.3) is 0 Å². The van der Waals surface area contributed by atoms with Gasteiger partial charge in [-0.1, -0.05) is 12.1 Å². The maximum absolute atomic E-state index is 5.77. The van der Waals surface area contributed by atoms with Crippen molar-refractivity contribution in [3.63, 3.8) is 0 Å². The number of rotatable bonds is 2. The topological polar surface area (TPSA) is 34.2 Å². The van der Waals surface area contributed by atoms with E-state index < -0.39 is 0 Å². The van der Waals surface area contributed by atoms with E-state index in [0.717, 1.165) is 19.4 Å². The van der Waals surface area contributed by atoms with Crippen LogP contribution in [0, 0.1) is 0 Å². The summed E-state index contributed by atoms with van der Waals surface area (Å²) in [7, 11) is 0. The van der Waals surface area contributed by atoms with Crippen LogP contribution < -0.4 is 5.32 Å². The number of aromatic nitrogens is 1. The van der Waals surface area contributed by atoms with Gasteiger partial charge in [0.1, 0.15) is 0 Å². The molecule has 1 aliphatic rings. The Morgan fingerprint density at radius 1 is 1.32 bits per heavy atom. The third-order valence-corrected chi connectivity index (χ3v) is 3.74. The van der Waals surface area contributed by atoms with Crippen LogP contribution in [0.15, 0.2) is 36.7 Å². The van der Waals surface area contributed by atoms with Crippen molar-refractivity contribution in [1.29, 1.82) is 0 Å². The first-order chi connectivity index (χ1) is 9.14. The van der Waals surface area contributed by atoms with Gasteiger partial charge in [-0.05, 0) is 44.2 Å². The van der Waals surface area contributed by atoms with Crippen molar-refractivity contribution in [2.75, 3.05) is 11.9 Å². The minimum absolute atomic E-state index is 0.0290. The summed E-state index contributed by atoms with van der Waals surface area (Å²) in [6.45, 7) is 5.14. The average molecular weight is 256 g/mol. The summed E-state index contributed by atoms with van der Waals surface area (Å²) in [5, 5.41) is 6.08. The average Bonchev–Trinajstić information content (AvgIpc) is 2.38. The molecular weight excluding hydrogens is 236 g/mol. The first kappa shape index (κ1) is 12.4. The highest BCUT2D eigenvalue weighted by Gasteiger charge is 2.28. The van der Waals surface area contributed by atoms with Crippen LogP contribution in [0.5, 0.6) is 0 Å². The number of hydrogen-bond acceptors (Lipinski definition) is 3. The molecule has 1 atom stereocenters. The van der Waals surface area contributed by atoms with Crippen molar-refractivity contribution in [3.8, 4) is 0 Å². The van der Waals surface area contributed by atoms with E-state index >= 15 is 0 Å². The first-order valence-electron chi connectivity index (χ1n) is 6.87. The number of fused-ring (bicyclic) bond motifs is 1. The van der Waals surface area contributed by atoms with Gasteiger partial charge >= 0.3 is 0 Å². The molecule has 0 amide bonds. The SMILES string of the molecule is CC1(C)CC(Nc2cccc3ccncc23)CCO1. The minimum atomic E-state index is -0.0290. The Balaban J connectivity index is 1.85. The summed E-state index contributed by atoms with van der Waals surface area (Å²) in [6.07, 6.45) is 5.86. The lowest BCUT2D eigenvalue weighted by Gasteiger charge is -2.36. The molecule has 100 valence electrons. The van der Waals surface area contributed by atoms with Gasteiger partial charge in [-0.25, -0.2) is 0 Å². The molecule has 2 aromatic rings. The number of nitrogens with one attached hydrogen (secondary N) is 1. The number of pyridine rings is 1.